The van der Waals surface area contributed by atoms with E-state index in [0.717, 1.165) is 40.5 Å². The van der Waals surface area contributed by atoms with Crippen molar-refractivity contribution in [3.8, 4) is 11.4 Å². The maximum absolute atomic E-state index is 6.16. The average molecular weight is 313 g/mol. The highest BCUT2D eigenvalue weighted by Gasteiger charge is 2.22. The van der Waals surface area contributed by atoms with Gasteiger partial charge in [0.2, 0.25) is 0 Å². The van der Waals surface area contributed by atoms with Crippen molar-refractivity contribution in [3.05, 3.63) is 47.6 Å². The molecule has 1 aliphatic rings. The van der Waals surface area contributed by atoms with Crippen LogP contribution in [0.15, 0.2) is 42.6 Å². The molecule has 112 valence electrons. The first-order chi connectivity index (χ1) is 10.8. The van der Waals surface area contributed by atoms with Gasteiger partial charge in [-0.1, -0.05) is 23.7 Å². The second kappa shape index (κ2) is 5.71. The van der Waals surface area contributed by atoms with E-state index in [9.17, 15) is 0 Å². The van der Waals surface area contributed by atoms with Crippen molar-refractivity contribution in [2.45, 2.75) is 25.4 Å². The molecule has 1 saturated heterocycles. The lowest BCUT2D eigenvalue weighted by Gasteiger charge is -2.26. The van der Waals surface area contributed by atoms with Gasteiger partial charge in [-0.25, -0.2) is 9.97 Å². The molecule has 3 aromatic rings. The van der Waals surface area contributed by atoms with Crippen molar-refractivity contribution in [3.63, 3.8) is 0 Å². The summed E-state index contributed by atoms with van der Waals surface area (Å²) in [6, 6.07) is 11.8. The number of nitrogens with zero attached hydrogens (tertiary/aromatic N) is 3. The maximum atomic E-state index is 6.16. The van der Waals surface area contributed by atoms with Crippen molar-refractivity contribution >= 4 is 22.8 Å². The van der Waals surface area contributed by atoms with Gasteiger partial charge < -0.3 is 0 Å². The molecule has 5 heteroatoms. The van der Waals surface area contributed by atoms with E-state index in [1.165, 1.54) is 12.8 Å². The summed E-state index contributed by atoms with van der Waals surface area (Å²) in [6.45, 7) is 1.03. The third-order valence-electron chi connectivity index (χ3n) is 4.13. The normalized spacial score (nSPS) is 18.7. The molecule has 1 atom stereocenters. The smallest absolute Gasteiger partial charge is 0.161 e. The molecule has 3 heterocycles. The van der Waals surface area contributed by atoms with Gasteiger partial charge in [0.25, 0.3) is 0 Å². The van der Waals surface area contributed by atoms with Crippen molar-refractivity contribution in [2.75, 3.05) is 6.54 Å². The maximum Gasteiger partial charge on any atom is 0.161 e. The van der Waals surface area contributed by atoms with Gasteiger partial charge in [0, 0.05) is 16.8 Å². The number of rotatable bonds is 2. The Labute approximate surface area is 134 Å². The lowest BCUT2D eigenvalue weighted by atomic mass is 10.1. The number of hydrogen-bond acceptors (Lipinski definition) is 3. The van der Waals surface area contributed by atoms with Crippen LogP contribution in [0.5, 0.6) is 0 Å². The Kier molecular flexibility index (Phi) is 3.56. The molecule has 0 radical (unpaired) electrons. The first-order valence-corrected chi connectivity index (χ1v) is 8.03. The van der Waals surface area contributed by atoms with Crippen LogP contribution in [0.3, 0.4) is 0 Å². The highest BCUT2D eigenvalue weighted by Crippen LogP contribution is 2.30. The Morgan fingerprint density at radius 3 is 2.95 bits per heavy atom. The quantitative estimate of drug-likeness (QED) is 0.777. The highest BCUT2D eigenvalue weighted by molar-refractivity contribution is 6.30. The van der Waals surface area contributed by atoms with Gasteiger partial charge in [0.15, 0.2) is 5.65 Å². The van der Waals surface area contributed by atoms with Gasteiger partial charge in [-0.3, -0.25) is 9.88 Å². The van der Waals surface area contributed by atoms with Gasteiger partial charge in [-0.2, -0.15) is 0 Å². The number of aromatic nitrogens is 3. The second-order valence-corrected chi connectivity index (χ2v) is 6.06. The second-order valence-electron chi connectivity index (χ2n) is 5.63. The fraction of sp³-hybridized carbons (Fsp3) is 0.294. The first-order valence-electron chi connectivity index (χ1n) is 7.65. The molecule has 1 aliphatic heterocycles. The summed E-state index contributed by atoms with van der Waals surface area (Å²) in [4.78, 5) is 9.35. The monoisotopic (exact) mass is 312 g/mol. The van der Waals surface area contributed by atoms with Gasteiger partial charge in [-0.05, 0) is 50.1 Å². The number of imidazole rings is 1. The van der Waals surface area contributed by atoms with Crippen LogP contribution in [0.25, 0.3) is 22.6 Å². The van der Waals surface area contributed by atoms with E-state index < -0.39 is 0 Å². The zero-order chi connectivity index (χ0) is 14.9. The lowest BCUT2D eigenvalue weighted by Crippen LogP contribution is -2.31. The molecule has 1 aromatic carbocycles. The van der Waals surface area contributed by atoms with Crippen molar-refractivity contribution in [2.24, 2.45) is 0 Å². The van der Waals surface area contributed by atoms with Crippen LogP contribution in [0.4, 0.5) is 0 Å². The number of fused-ring (bicyclic) bond motifs is 1. The molecule has 1 N–H and O–H groups in total. The molecule has 4 rings (SSSR count). The average Bonchev–Trinajstić information content (AvgIpc) is 2.95. The SMILES string of the molecule is Clc1cccc(-c2nc3cccnc3n2C2CCCCN2)c1. The van der Waals surface area contributed by atoms with E-state index in [1.807, 2.05) is 42.6 Å². The summed E-state index contributed by atoms with van der Waals surface area (Å²) < 4.78 is 2.22. The van der Waals surface area contributed by atoms with E-state index in [1.54, 1.807) is 0 Å². The minimum Gasteiger partial charge on any atom is -0.297 e. The summed E-state index contributed by atoms with van der Waals surface area (Å²) in [5.74, 6) is 0.926. The summed E-state index contributed by atoms with van der Waals surface area (Å²) >= 11 is 6.16. The summed E-state index contributed by atoms with van der Waals surface area (Å²) in [5, 5.41) is 4.31. The fourth-order valence-corrected chi connectivity index (χ4v) is 3.30. The van der Waals surface area contributed by atoms with Crippen LogP contribution in [-0.4, -0.2) is 21.1 Å². The van der Waals surface area contributed by atoms with Gasteiger partial charge in [-0.15, -0.1) is 0 Å². The van der Waals surface area contributed by atoms with E-state index in [0.29, 0.717) is 0 Å². The van der Waals surface area contributed by atoms with Gasteiger partial charge >= 0.3 is 0 Å². The number of piperidine rings is 1. The third kappa shape index (κ3) is 2.38. The summed E-state index contributed by atoms with van der Waals surface area (Å²) in [7, 11) is 0. The Bertz CT molecular complexity index is 805. The molecule has 1 unspecified atom stereocenters. The Morgan fingerprint density at radius 2 is 2.14 bits per heavy atom. The summed E-state index contributed by atoms with van der Waals surface area (Å²) in [5.41, 5.74) is 2.87. The third-order valence-corrected chi connectivity index (χ3v) is 4.36. The van der Waals surface area contributed by atoms with Crippen LogP contribution in [0, 0.1) is 0 Å². The first kappa shape index (κ1) is 13.7. The van der Waals surface area contributed by atoms with Crippen molar-refractivity contribution in [1.29, 1.82) is 0 Å². The molecule has 0 bridgehead atoms. The highest BCUT2D eigenvalue weighted by atomic mass is 35.5. The molecule has 22 heavy (non-hydrogen) atoms. The standard InChI is InChI=1S/C17H17ClN4/c18-13-6-3-5-12(11-13)16-21-14-7-4-10-20-17(14)22(16)15-8-1-2-9-19-15/h3-7,10-11,15,19H,1-2,8-9H2. The molecule has 0 saturated carbocycles. The van der Waals surface area contributed by atoms with Gasteiger partial charge in [0.1, 0.15) is 11.3 Å². The van der Waals surface area contributed by atoms with Crippen LogP contribution in [0.2, 0.25) is 5.02 Å². The predicted molar refractivity (Wildman–Crippen MR) is 88.9 cm³/mol. The number of hydrogen-bond donors (Lipinski definition) is 1. The molecular formula is C17H17ClN4. The molecule has 0 aliphatic carbocycles. The van der Waals surface area contributed by atoms with Crippen LogP contribution in [-0.2, 0) is 0 Å². The molecular weight excluding hydrogens is 296 g/mol. The molecule has 4 nitrogen and oxygen atoms in total. The predicted octanol–water partition coefficient (Wildman–Crippen LogP) is 4.02. The van der Waals surface area contributed by atoms with E-state index in [2.05, 4.69) is 14.9 Å². The molecule has 0 spiro atoms. The van der Waals surface area contributed by atoms with E-state index in [-0.39, 0.29) is 6.17 Å². The minimum absolute atomic E-state index is 0.239. The number of nitrogens with one attached hydrogen (secondary N) is 1. The van der Waals surface area contributed by atoms with Crippen LogP contribution in [0.1, 0.15) is 25.4 Å². The largest absolute Gasteiger partial charge is 0.297 e. The lowest BCUT2D eigenvalue weighted by molar-refractivity contribution is 0.328. The zero-order valence-electron chi connectivity index (χ0n) is 12.2. The van der Waals surface area contributed by atoms with Crippen molar-refractivity contribution < 1.29 is 0 Å². The number of pyridine rings is 1. The fourth-order valence-electron chi connectivity index (χ4n) is 3.11. The number of benzene rings is 1. The van der Waals surface area contributed by atoms with Crippen molar-refractivity contribution in [1.82, 2.24) is 19.9 Å². The van der Waals surface area contributed by atoms with E-state index in [4.69, 9.17) is 16.6 Å². The number of halogens is 1. The topological polar surface area (TPSA) is 42.7 Å². The molecule has 2 aromatic heterocycles. The summed E-state index contributed by atoms with van der Waals surface area (Å²) in [6.07, 6.45) is 5.60. The van der Waals surface area contributed by atoms with Crippen LogP contribution < -0.4 is 5.32 Å². The van der Waals surface area contributed by atoms with Gasteiger partial charge in [0.05, 0.1) is 6.17 Å². The Hall–Kier alpha value is -1.91. The molecule has 1 fully saturated rings. The van der Waals surface area contributed by atoms with Crippen LogP contribution >= 0.6 is 11.6 Å². The Morgan fingerprint density at radius 1 is 1.18 bits per heavy atom. The Balaban J connectivity index is 1.93. The van der Waals surface area contributed by atoms with E-state index >= 15 is 0 Å². The molecule has 0 amide bonds. The zero-order valence-corrected chi connectivity index (χ0v) is 12.9. The minimum atomic E-state index is 0.239.